The Labute approximate surface area is 96.0 Å². The van der Waals surface area contributed by atoms with Crippen molar-refractivity contribution < 1.29 is 4.39 Å². The van der Waals surface area contributed by atoms with Gasteiger partial charge in [-0.25, -0.2) is 4.39 Å². The summed E-state index contributed by atoms with van der Waals surface area (Å²) in [5.41, 5.74) is 1.10. The summed E-state index contributed by atoms with van der Waals surface area (Å²) < 4.78 is 15.5. The van der Waals surface area contributed by atoms with Crippen LogP contribution in [0.15, 0.2) is 29.8 Å². The van der Waals surface area contributed by atoms with Crippen LogP contribution in [0.4, 0.5) is 4.39 Å². The maximum atomic E-state index is 13.4. The fourth-order valence-corrected chi connectivity index (χ4v) is 1.86. The predicted molar refractivity (Wildman–Crippen MR) is 62.1 cm³/mol. The normalized spacial score (nSPS) is 10.8. The van der Waals surface area contributed by atoms with E-state index in [1.165, 1.54) is 6.07 Å². The first-order valence-electron chi connectivity index (χ1n) is 4.30. The minimum atomic E-state index is -0.322. The van der Waals surface area contributed by atoms with Crippen molar-refractivity contribution in [2.75, 3.05) is 0 Å². The van der Waals surface area contributed by atoms with Crippen molar-refractivity contribution in [2.24, 2.45) is 0 Å². The number of aromatic nitrogens is 2. The SMILES string of the molecule is C=C(Cl)Cn1c(=S)[nH]c2c(F)cccc21. The summed E-state index contributed by atoms with van der Waals surface area (Å²) in [6, 6.07) is 4.80. The maximum absolute atomic E-state index is 13.4. The Bertz CT molecular complexity index is 585. The fourth-order valence-electron chi connectivity index (χ4n) is 1.47. The van der Waals surface area contributed by atoms with Crippen LogP contribution in [0.3, 0.4) is 0 Å². The number of nitrogens with one attached hydrogen (secondary N) is 1. The molecule has 1 aromatic carbocycles. The molecule has 0 spiro atoms. The number of imidazole rings is 1. The average molecular weight is 243 g/mol. The number of benzene rings is 1. The number of allylic oxidation sites excluding steroid dienone is 1. The molecule has 2 nitrogen and oxygen atoms in total. The second-order valence-corrected chi connectivity index (χ2v) is 4.09. The number of fused-ring (bicyclic) bond motifs is 1. The molecule has 0 aliphatic rings. The van der Waals surface area contributed by atoms with E-state index in [0.717, 1.165) is 0 Å². The van der Waals surface area contributed by atoms with Crippen LogP contribution in [0.1, 0.15) is 0 Å². The van der Waals surface area contributed by atoms with Crippen LogP contribution in [-0.4, -0.2) is 9.55 Å². The van der Waals surface area contributed by atoms with Gasteiger partial charge in [0.1, 0.15) is 11.3 Å². The molecule has 0 aliphatic carbocycles. The van der Waals surface area contributed by atoms with Gasteiger partial charge in [-0.1, -0.05) is 24.2 Å². The van der Waals surface area contributed by atoms with Crippen LogP contribution in [0.25, 0.3) is 11.0 Å². The first kappa shape index (κ1) is 10.4. The smallest absolute Gasteiger partial charge is 0.178 e. The van der Waals surface area contributed by atoms with E-state index in [1.54, 1.807) is 16.7 Å². The van der Waals surface area contributed by atoms with E-state index >= 15 is 0 Å². The van der Waals surface area contributed by atoms with Gasteiger partial charge in [0.2, 0.25) is 0 Å². The first-order valence-corrected chi connectivity index (χ1v) is 5.08. The molecule has 0 unspecified atom stereocenters. The van der Waals surface area contributed by atoms with Crippen LogP contribution >= 0.6 is 23.8 Å². The Morgan fingerprint density at radius 1 is 1.60 bits per heavy atom. The van der Waals surface area contributed by atoms with Gasteiger partial charge in [-0.05, 0) is 24.4 Å². The highest BCUT2D eigenvalue weighted by molar-refractivity contribution is 7.71. The lowest BCUT2D eigenvalue weighted by atomic mass is 10.3. The Balaban J connectivity index is 2.74. The summed E-state index contributed by atoms with van der Waals surface area (Å²) in [7, 11) is 0. The molecule has 1 N–H and O–H groups in total. The van der Waals surface area contributed by atoms with Crippen molar-refractivity contribution >= 4 is 34.9 Å². The molecule has 2 rings (SSSR count). The van der Waals surface area contributed by atoms with Gasteiger partial charge in [-0.2, -0.15) is 0 Å². The second kappa shape index (κ2) is 3.79. The minimum Gasteiger partial charge on any atom is -0.328 e. The van der Waals surface area contributed by atoms with Crippen molar-refractivity contribution in [3.05, 3.63) is 40.4 Å². The largest absolute Gasteiger partial charge is 0.328 e. The molecular weight excluding hydrogens is 235 g/mol. The quantitative estimate of drug-likeness (QED) is 0.799. The van der Waals surface area contributed by atoms with Gasteiger partial charge in [-0.15, -0.1) is 0 Å². The van der Waals surface area contributed by atoms with E-state index in [-0.39, 0.29) is 5.82 Å². The minimum absolute atomic E-state index is 0.322. The number of para-hydroxylation sites is 1. The van der Waals surface area contributed by atoms with Crippen molar-refractivity contribution in [3.63, 3.8) is 0 Å². The Kier molecular flexibility index (Phi) is 2.63. The van der Waals surface area contributed by atoms with Crippen molar-refractivity contribution in [1.82, 2.24) is 9.55 Å². The highest BCUT2D eigenvalue weighted by atomic mass is 35.5. The van der Waals surface area contributed by atoms with E-state index < -0.39 is 0 Å². The Morgan fingerprint density at radius 3 is 3.00 bits per heavy atom. The van der Waals surface area contributed by atoms with Crippen molar-refractivity contribution in [1.29, 1.82) is 0 Å². The van der Waals surface area contributed by atoms with Gasteiger partial charge in [0, 0.05) is 5.03 Å². The zero-order chi connectivity index (χ0) is 11.0. The van der Waals surface area contributed by atoms with Crippen LogP contribution in [0, 0.1) is 10.6 Å². The predicted octanol–water partition coefficient (Wildman–Crippen LogP) is 3.59. The lowest BCUT2D eigenvalue weighted by Gasteiger charge is -2.01. The molecule has 0 bridgehead atoms. The molecule has 2 aromatic rings. The molecule has 5 heteroatoms. The summed E-state index contributed by atoms with van der Waals surface area (Å²) in [6.45, 7) is 3.97. The standard InChI is InChI=1S/C10H8ClFN2S/c1-6(11)5-14-8-4-2-3-7(12)9(8)13-10(14)15/h2-4H,1,5H2,(H,13,15). The van der Waals surface area contributed by atoms with Gasteiger partial charge < -0.3 is 9.55 Å². The molecule has 15 heavy (non-hydrogen) atoms. The molecule has 0 aliphatic heterocycles. The molecule has 0 saturated carbocycles. The van der Waals surface area contributed by atoms with E-state index in [1.807, 2.05) is 0 Å². The molecule has 1 heterocycles. The van der Waals surface area contributed by atoms with Crippen LogP contribution in [-0.2, 0) is 6.54 Å². The molecule has 0 atom stereocenters. The summed E-state index contributed by atoms with van der Waals surface area (Å²) in [4.78, 5) is 2.80. The first-order chi connectivity index (χ1) is 7.09. The average Bonchev–Trinajstić information content (AvgIpc) is 2.45. The van der Waals surface area contributed by atoms with Crippen molar-refractivity contribution in [3.8, 4) is 0 Å². The summed E-state index contributed by atoms with van der Waals surface area (Å²) in [5, 5.41) is 0.455. The number of aromatic amines is 1. The molecule has 1 aromatic heterocycles. The monoisotopic (exact) mass is 242 g/mol. The molecular formula is C10H8ClFN2S. The van der Waals surface area contributed by atoms with Gasteiger partial charge >= 0.3 is 0 Å². The zero-order valence-corrected chi connectivity index (χ0v) is 9.33. The lowest BCUT2D eigenvalue weighted by molar-refractivity contribution is 0.637. The Hall–Kier alpha value is -1.13. The van der Waals surface area contributed by atoms with Gasteiger partial charge in [0.05, 0.1) is 12.1 Å². The third-order valence-electron chi connectivity index (χ3n) is 2.09. The number of nitrogens with zero attached hydrogens (tertiary/aromatic N) is 1. The molecule has 0 amide bonds. The zero-order valence-electron chi connectivity index (χ0n) is 7.76. The molecule has 78 valence electrons. The lowest BCUT2D eigenvalue weighted by Crippen LogP contribution is -1.96. The molecule has 0 radical (unpaired) electrons. The Morgan fingerprint density at radius 2 is 2.33 bits per heavy atom. The van der Waals surface area contributed by atoms with Gasteiger partial charge in [0.15, 0.2) is 4.77 Å². The molecule has 0 fully saturated rings. The number of hydrogen-bond donors (Lipinski definition) is 1. The van der Waals surface area contributed by atoms with E-state index in [9.17, 15) is 4.39 Å². The van der Waals surface area contributed by atoms with Gasteiger partial charge in [-0.3, -0.25) is 0 Å². The van der Waals surface area contributed by atoms with E-state index in [2.05, 4.69) is 11.6 Å². The molecule has 0 saturated heterocycles. The second-order valence-electron chi connectivity index (χ2n) is 3.17. The van der Waals surface area contributed by atoms with Crippen LogP contribution in [0.5, 0.6) is 0 Å². The topological polar surface area (TPSA) is 20.7 Å². The number of halogens is 2. The highest BCUT2D eigenvalue weighted by Crippen LogP contribution is 2.18. The summed E-state index contributed by atoms with van der Waals surface area (Å²) >= 11 is 10.8. The maximum Gasteiger partial charge on any atom is 0.178 e. The van der Waals surface area contributed by atoms with Gasteiger partial charge in [0.25, 0.3) is 0 Å². The third kappa shape index (κ3) is 1.82. The number of rotatable bonds is 2. The highest BCUT2D eigenvalue weighted by Gasteiger charge is 2.07. The van der Waals surface area contributed by atoms with E-state index in [0.29, 0.717) is 27.4 Å². The van der Waals surface area contributed by atoms with E-state index in [4.69, 9.17) is 23.8 Å². The fraction of sp³-hybridized carbons (Fsp3) is 0.100. The summed E-state index contributed by atoms with van der Waals surface area (Å²) in [6.07, 6.45) is 0. The van der Waals surface area contributed by atoms with Crippen LogP contribution < -0.4 is 0 Å². The van der Waals surface area contributed by atoms with Crippen LogP contribution in [0.2, 0.25) is 0 Å². The number of H-pyrrole nitrogens is 1. The van der Waals surface area contributed by atoms with Crippen molar-refractivity contribution in [2.45, 2.75) is 6.54 Å². The number of hydrogen-bond acceptors (Lipinski definition) is 1. The summed E-state index contributed by atoms with van der Waals surface area (Å²) in [5.74, 6) is -0.322. The third-order valence-corrected chi connectivity index (χ3v) is 2.53.